The normalized spacial score (nSPS) is 11.2. The highest BCUT2D eigenvalue weighted by Crippen LogP contribution is 2.19. The number of rotatable bonds is 3. The van der Waals surface area contributed by atoms with Crippen molar-refractivity contribution in [3.8, 4) is 0 Å². The Balaban J connectivity index is 2.44. The SMILES string of the molecule is COC(=O)/C(=C/c1ccc(C)cc1)c1ccccc1. The van der Waals surface area contributed by atoms with Crippen molar-refractivity contribution in [3.05, 3.63) is 71.3 Å². The van der Waals surface area contributed by atoms with Gasteiger partial charge in [0.1, 0.15) is 0 Å². The van der Waals surface area contributed by atoms with Gasteiger partial charge in [-0.05, 0) is 24.1 Å². The van der Waals surface area contributed by atoms with Crippen molar-refractivity contribution in [3.63, 3.8) is 0 Å². The summed E-state index contributed by atoms with van der Waals surface area (Å²) in [7, 11) is 1.40. The molecule has 2 heteroatoms. The van der Waals surface area contributed by atoms with Gasteiger partial charge in [-0.25, -0.2) is 4.79 Å². The minimum atomic E-state index is -0.327. The second kappa shape index (κ2) is 6.01. The smallest absolute Gasteiger partial charge is 0.338 e. The molecule has 2 rings (SSSR count). The standard InChI is InChI=1S/C17H16O2/c1-13-8-10-14(11-9-13)12-16(17(18)19-2)15-6-4-3-5-7-15/h3-12H,1-2H3/b16-12+. The van der Waals surface area contributed by atoms with E-state index in [0.717, 1.165) is 11.1 Å². The molecule has 0 spiro atoms. The van der Waals surface area contributed by atoms with Crippen LogP contribution in [0.15, 0.2) is 54.6 Å². The predicted octanol–water partition coefficient (Wildman–Crippen LogP) is 3.71. The molecule has 0 aromatic heterocycles. The number of hydrogen-bond acceptors (Lipinski definition) is 2. The lowest BCUT2D eigenvalue weighted by Gasteiger charge is -2.06. The summed E-state index contributed by atoms with van der Waals surface area (Å²) in [6.45, 7) is 2.03. The second-order valence-electron chi connectivity index (χ2n) is 4.33. The van der Waals surface area contributed by atoms with Gasteiger partial charge in [0.2, 0.25) is 0 Å². The lowest BCUT2D eigenvalue weighted by atomic mass is 10.0. The molecular weight excluding hydrogens is 236 g/mol. The van der Waals surface area contributed by atoms with Crippen molar-refractivity contribution in [2.75, 3.05) is 7.11 Å². The van der Waals surface area contributed by atoms with Gasteiger partial charge >= 0.3 is 5.97 Å². The zero-order valence-corrected chi connectivity index (χ0v) is 11.1. The molecule has 0 aliphatic heterocycles. The number of methoxy groups -OCH3 is 1. The number of carbonyl (C=O) groups is 1. The zero-order valence-electron chi connectivity index (χ0n) is 11.1. The highest BCUT2D eigenvalue weighted by Gasteiger charge is 2.11. The summed E-state index contributed by atoms with van der Waals surface area (Å²) in [5.74, 6) is -0.327. The number of esters is 1. The monoisotopic (exact) mass is 252 g/mol. The van der Waals surface area contributed by atoms with Crippen molar-refractivity contribution in [1.29, 1.82) is 0 Å². The summed E-state index contributed by atoms with van der Waals surface area (Å²) < 4.78 is 4.86. The molecule has 0 fully saturated rings. The summed E-state index contributed by atoms with van der Waals surface area (Å²) >= 11 is 0. The highest BCUT2D eigenvalue weighted by atomic mass is 16.5. The third-order valence-electron chi connectivity index (χ3n) is 2.88. The lowest BCUT2D eigenvalue weighted by molar-refractivity contribution is -0.133. The van der Waals surface area contributed by atoms with Gasteiger partial charge in [-0.1, -0.05) is 60.2 Å². The molecule has 96 valence electrons. The zero-order chi connectivity index (χ0) is 13.7. The van der Waals surface area contributed by atoms with Gasteiger partial charge in [0.25, 0.3) is 0 Å². The Morgan fingerprint density at radius 2 is 1.63 bits per heavy atom. The van der Waals surface area contributed by atoms with Gasteiger partial charge in [0.05, 0.1) is 12.7 Å². The van der Waals surface area contributed by atoms with Crippen LogP contribution in [0.25, 0.3) is 11.6 Å². The number of carbonyl (C=O) groups excluding carboxylic acids is 1. The van der Waals surface area contributed by atoms with Crippen molar-refractivity contribution in [1.82, 2.24) is 0 Å². The molecule has 2 aromatic carbocycles. The summed E-state index contributed by atoms with van der Waals surface area (Å²) in [5, 5.41) is 0. The fraction of sp³-hybridized carbons (Fsp3) is 0.118. The quantitative estimate of drug-likeness (QED) is 0.473. The summed E-state index contributed by atoms with van der Waals surface area (Å²) in [5.41, 5.74) is 3.59. The largest absolute Gasteiger partial charge is 0.465 e. The number of ether oxygens (including phenoxy) is 1. The van der Waals surface area contributed by atoms with Crippen LogP contribution in [0.1, 0.15) is 16.7 Å². The van der Waals surface area contributed by atoms with Crippen LogP contribution in [0.4, 0.5) is 0 Å². The number of benzene rings is 2. The molecule has 2 nitrogen and oxygen atoms in total. The summed E-state index contributed by atoms with van der Waals surface area (Å²) in [6, 6.07) is 17.5. The summed E-state index contributed by atoms with van der Waals surface area (Å²) in [6.07, 6.45) is 1.85. The molecule has 0 amide bonds. The predicted molar refractivity (Wildman–Crippen MR) is 77.5 cm³/mol. The first kappa shape index (κ1) is 13.1. The molecular formula is C17H16O2. The van der Waals surface area contributed by atoms with Gasteiger partial charge in [-0.15, -0.1) is 0 Å². The van der Waals surface area contributed by atoms with Gasteiger partial charge in [0.15, 0.2) is 0 Å². The number of hydrogen-bond donors (Lipinski definition) is 0. The van der Waals surface area contributed by atoms with Gasteiger partial charge in [0, 0.05) is 0 Å². The lowest BCUT2D eigenvalue weighted by Crippen LogP contribution is -2.03. The first-order chi connectivity index (χ1) is 9.20. The maximum absolute atomic E-state index is 11.9. The maximum atomic E-state index is 11.9. The molecule has 0 saturated heterocycles. The topological polar surface area (TPSA) is 26.3 Å². The Labute approximate surface area is 113 Å². The average Bonchev–Trinajstić information content (AvgIpc) is 2.47. The van der Waals surface area contributed by atoms with Crippen LogP contribution in [0.5, 0.6) is 0 Å². The van der Waals surface area contributed by atoms with Crippen LogP contribution in [0.2, 0.25) is 0 Å². The molecule has 0 N–H and O–H groups in total. The maximum Gasteiger partial charge on any atom is 0.338 e. The molecule has 0 radical (unpaired) electrons. The molecule has 0 bridgehead atoms. The number of aryl methyl sites for hydroxylation is 1. The van der Waals surface area contributed by atoms with Crippen LogP contribution >= 0.6 is 0 Å². The fourth-order valence-corrected chi connectivity index (χ4v) is 1.82. The van der Waals surface area contributed by atoms with E-state index in [0.29, 0.717) is 5.57 Å². The van der Waals surface area contributed by atoms with Crippen molar-refractivity contribution >= 4 is 17.6 Å². The van der Waals surface area contributed by atoms with Crippen LogP contribution < -0.4 is 0 Å². The summed E-state index contributed by atoms with van der Waals surface area (Å²) in [4.78, 5) is 11.9. The van der Waals surface area contributed by atoms with E-state index < -0.39 is 0 Å². The molecule has 0 aliphatic rings. The highest BCUT2D eigenvalue weighted by molar-refractivity contribution is 6.21. The first-order valence-corrected chi connectivity index (χ1v) is 6.13. The molecule has 19 heavy (non-hydrogen) atoms. The Kier molecular flexibility index (Phi) is 4.14. The van der Waals surface area contributed by atoms with Crippen LogP contribution in [-0.2, 0) is 9.53 Å². The van der Waals surface area contributed by atoms with E-state index in [4.69, 9.17) is 4.74 Å². The van der Waals surface area contributed by atoms with Crippen molar-refractivity contribution in [2.45, 2.75) is 6.92 Å². The Morgan fingerprint density at radius 3 is 2.21 bits per heavy atom. The molecule has 0 heterocycles. The third kappa shape index (κ3) is 3.32. The van der Waals surface area contributed by atoms with E-state index in [1.54, 1.807) is 0 Å². The van der Waals surface area contributed by atoms with Crippen LogP contribution in [0.3, 0.4) is 0 Å². The van der Waals surface area contributed by atoms with E-state index in [1.165, 1.54) is 12.7 Å². The average molecular weight is 252 g/mol. The van der Waals surface area contributed by atoms with E-state index in [1.807, 2.05) is 67.6 Å². The van der Waals surface area contributed by atoms with E-state index in [2.05, 4.69) is 0 Å². The first-order valence-electron chi connectivity index (χ1n) is 6.13. The van der Waals surface area contributed by atoms with E-state index >= 15 is 0 Å². The van der Waals surface area contributed by atoms with Crippen LogP contribution in [0, 0.1) is 6.92 Å². The van der Waals surface area contributed by atoms with E-state index in [9.17, 15) is 4.79 Å². The molecule has 0 aliphatic carbocycles. The fourth-order valence-electron chi connectivity index (χ4n) is 1.82. The molecule has 0 unspecified atom stereocenters. The molecule has 2 aromatic rings. The Hall–Kier alpha value is -2.35. The van der Waals surface area contributed by atoms with Gasteiger partial charge < -0.3 is 4.74 Å². The van der Waals surface area contributed by atoms with Crippen molar-refractivity contribution in [2.24, 2.45) is 0 Å². The molecule has 0 saturated carbocycles. The molecule has 0 atom stereocenters. The third-order valence-corrected chi connectivity index (χ3v) is 2.88. The Bertz CT molecular complexity index is 580. The minimum Gasteiger partial charge on any atom is -0.465 e. The van der Waals surface area contributed by atoms with Gasteiger partial charge in [-0.3, -0.25) is 0 Å². The second-order valence-corrected chi connectivity index (χ2v) is 4.33. The van der Waals surface area contributed by atoms with E-state index in [-0.39, 0.29) is 5.97 Å². The van der Waals surface area contributed by atoms with Crippen molar-refractivity contribution < 1.29 is 9.53 Å². The van der Waals surface area contributed by atoms with Gasteiger partial charge in [-0.2, -0.15) is 0 Å². The van der Waals surface area contributed by atoms with Crippen LogP contribution in [-0.4, -0.2) is 13.1 Å². The minimum absolute atomic E-state index is 0.327. The Morgan fingerprint density at radius 1 is 1.00 bits per heavy atom.